The number of carbonyl (C=O) groups is 1. The number of carbonyl (C=O) groups excluding carboxylic acids is 1. The molecule has 92 valence electrons. The van der Waals surface area contributed by atoms with Crippen molar-refractivity contribution in [3.63, 3.8) is 0 Å². The molecule has 2 heterocycles. The van der Waals surface area contributed by atoms with E-state index in [2.05, 4.69) is 0 Å². The van der Waals surface area contributed by atoms with Crippen molar-refractivity contribution >= 4 is 6.09 Å². The highest BCUT2D eigenvalue weighted by atomic mass is 16.6. The van der Waals surface area contributed by atoms with E-state index >= 15 is 0 Å². The molecule has 2 rings (SSSR count). The second-order valence-electron chi connectivity index (χ2n) is 5.58. The smallest absolute Gasteiger partial charge is 0.410 e. The first-order chi connectivity index (χ1) is 7.35. The topological polar surface area (TPSA) is 64.8 Å². The van der Waals surface area contributed by atoms with Crippen molar-refractivity contribution in [3.8, 4) is 0 Å². The zero-order chi connectivity index (χ0) is 11.9. The molecule has 2 aliphatic heterocycles. The van der Waals surface area contributed by atoms with Gasteiger partial charge >= 0.3 is 6.09 Å². The minimum atomic E-state index is -0.448. The Morgan fingerprint density at radius 2 is 2.12 bits per heavy atom. The van der Waals surface area contributed by atoms with Gasteiger partial charge in [-0.15, -0.1) is 0 Å². The Kier molecular flexibility index (Phi) is 2.84. The Hall–Kier alpha value is -0.810. The highest BCUT2D eigenvalue weighted by molar-refractivity contribution is 5.68. The summed E-state index contributed by atoms with van der Waals surface area (Å²) in [6.45, 7) is 6.74. The van der Waals surface area contributed by atoms with Crippen LogP contribution in [-0.2, 0) is 9.47 Å². The van der Waals surface area contributed by atoms with Crippen molar-refractivity contribution in [2.45, 2.75) is 51.0 Å². The van der Waals surface area contributed by atoms with Crippen molar-refractivity contribution in [1.29, 1.82) is 0 Å². The number of likely N-dealkylation sites (tertiary alicyclic amines) is 1. The third-order valence-corrected chi connectivity index (χ3v) is 2.86. The molecule has 3 unspecified atom stereocenters. The summed E-state index contributed by atoms with van der Waals surface area (Å²) in [6, 6.07) is 0.0532. The van der Waals surface area contributed by atoms with Crippen LogP contribution in [0, 0.1) is 0 Å². The zero-order valence-corrected chi connectivity index (χ0v) is 10.1. The Morgan fingerprint density at radius 3 is 2.69 bits per heavy atom. The highest BCUT2D eigenvalue weighted by Crippen LogP contribution is 2.26. The largest absolute Gasteiger partial charge is 0.444 e. The van der Waals surface area contributed by atoms with Crippen molar-refractivity contribution in [2.75, 3.05) is 13.1 Å². The van der Waals surface area contributed by atoms with Gasteiger partial charge in [0.2, 0.25) is 0 Å². The van der Waals surface area contributed by atoms with Gasteiger partial charge in [-0.05, 0) is 27.2 Å². The second-order valence-corrected chi connectivity index (χ2v) is 5.58. The van der Waals surface area contributed by atoms with Crippen LogP contribution in [0.25, 0.3) is 0 Å². The van der Waals surface area contributed by atoms with Gasteiger partial charge in [-0.3, -0.25) is 0 Å². The maximum Gasteiger partial charge on any atom is 0.410 e. The summed E-state index contributed by atoms with van der Waals surface area (Å²) in [5, 5.41) is 0. The molecule has 0 aromatic rings. The summed E-state index contributed by atoms with van der Waals surface area (Å²) < 4.78 is 11.0. The van der Waals surface area contributed by atoms with E-state index in [4.69, 9.17) is 15.2 Å². The fourth-order valence-electron chi connectivity index (χ4n) is 2.17. The van der Waals surface area contributed by atoms with Gasteiger partial charge in [-0.25, -0.2) is 4.79 Å². The van der Waals surface area contributed by atoms with E-state index < -0.39 is 5.60 Å². The third-order valence-electron chi connectivity index (χ3n) is 2.86. The molecule has 0 saturated carbocycles. The van der Waals surface area contributed by atoms with Crippen molar-refractivity contribution in [2.24, 2.45) is 5.73 Å². The van der Waals surface area contributed by atoms with Crippen molar-refractivity contribution in [1.82, 2.24) is 4.90 Å². The molecule has 0 aliphatic carbocycles. The maximum absolute atomic E-state index is 11.8. The van der Waals surface area contributed by atoms with Crippen LogP contribution in [0.4, 0.5) is 4.79 Å². The molecule has 2 N–H and O–H groups in total. The molecule has 2 fully saturated rings. The molecule has 2 saturated heterocycles. The predicted octanol–water partition coefficient (Wildman–Crippen LogP) is 0.722. The minimum absolute atomic E-state index is 0.0220. The summed E-state index contributed by atoms with van der Waals surface area (Å²) in [5.41, 5.74) is 5.46. The molecule has 0 radical (unpaired) electrons. The first-order valence-electron chi connectivity index (χ1n) is 5.74. The van der Waals surface area contributed by atoms with Gasteiger partial charge in [0.1, 0.15) is 5.60 Å². The van der Waals surface area contributed by atoms with E-state index in [1.165, 1.54) is 0 Å². The first kappa shape index (κ1) is 11.7. The summed E-state index contributed by atoms with van der Waals surface area (Å²) in [5.74, 6) is 0. The summed E-state index contributed by atoms with van der Waals surface area (Å²) in [7, 11) is 0. The first-order valence-corrected chi connectivity index (χ1v) is 5.74. The lowest BCUT2D eigenvalue weighted by atomic mass is 10.1. The van der Waals surface area contributed by atoms with E-state index in [-0.39, 0.29) is 24.3 Å². The van der Waals surface area contributed by atoms with Gasteiger partial charge in [0.25, 0.3) is 0 Å². The lowest BCUT2D eigenvalue weighted by molar-refractivity contribution is -0.0510. The van der Waals surface area contributed by atoms with Gasteiger partial charge in [0.05, 0.1) is 25.3 Å². The summed E-state index contributed by atoms with van der Waals surface area (Å²) in [4.78, 5) is 13.6. The van der Waals surface area contributed by atoms with E-state index in [1.54, 1.807) is 4.90 Å². The molecule has 0 spiro atoms. The fraction of sp³-hybridized carbons (Fsp3) is 0.909. The quantitative estimate of drug-likeness (QED) is 0.663. The van der Waals surface area contributed by atoms with Gasteiger partial charge in [0.15, 0.2) is 0 Å². The van der Waals surface area contributed by atoms with Crippen molar-refractivity contribution in [3.05, 3.63) is 0 Å². The molecule has 16 heavy (non-hydrogen) atoms. The van der Waals surface area contributed by atoms with Gasteiger partial charge < -0.3 is 20.1 Å². The number of morpholine rings is 1. The Morgan fingerprint density at radius 1 is 1.44 bits per heavy atom. The van der Waals surface area contributed by atoms with E-state index in [1.807, 2.05) is 20.8 Å². The van der Waals surface area contributed by atoms with Crippen LogP contribution in [0.2, 0.25) is 0 Å². The zero-order valence-electron chi connectivity index (χ0n) is 10.1. The number of nitrogens with zero attached hydrogens (tertiary/aromatic N) is 1. The van der Waals surface area contributed by atoms with Gasteiger partial charge in [-0.2, -0.15) is 0 Å². The van der Waals surface area contributed by atoms with E-state index in [9.17, 15) is 4.79 Å². The number of nitrogens with two attached hydrogens (primary N) is 1. The number of rotatable bonds is 0. The van der Waals surface area contributed by atoms with Gasteiger partial charge in [-0.1, -0.05) is 0 Å². The van der Waals surface area contributed by atoms with Crippen LogP contribution in [0.15, 0.2) is 0 Å². The Labute approximate surface area is 95.9 Å². The maximum atomic E-state index is 11.8. The lowest BCUT2D eigenvalue weighted by Crippen LogP contribution is -2.49. The monoisotopic (exact) mass is 228 g/mol. The Bertz CT molecular complexity index is 285. The Balaban J connectivity index is 1.94. The minimum Gasteiger partial charge on any atom is -0.444 e. The molecule has 5 nitrogen and oxygen atoms in total. The molecule has 5 heteroatoms. The lowest BCUT2D eigenvalue weighted by Gasteiger charge is -2.33. The molecular weight excluding hydrogens is 208 g/mol. The fourth-order valence-corrected chi connectivity index (χ4v) is 2.17. The predicted molar refractivity (Wildman–Crippen MR) is 59.1 cm³/mol. The third kappa shape index (κ3) is 2.47. The van der Waals surface area contributed by atoms with Crippen LogP contribution < -0.4 is 5.73 Å². The summed E-state index contributed by atoms with van der Waals surface area (Å²) >= 11 is 0. The number of amides is 1. The summed E-state index contributed by atoms with van der Waals surface area (Å²) in [6.07, 6.45) is 0.636. The van der Waals surface area contributed by atoms with Crippen LogP contribution in [-0.4, -0.2) is 47.9 Å². The van der Waals surface area contributed by atoms with Gasteiger partial charge in [0, 0.05) is 6.04 Å². The molecular formula is C11H20N2O3. The SMILES string of the molecule is CC(C)(C)OC(=O)N1CC2CC(N)C(C1)O2. The number of hydrogen-bond acceptors (Lipinski definition) is 4. The number of hydrogen-bond donors (Lipinski definition) is 1. The standard InChI is InChI=1S/C11H20N2O3/c1-11(2,3)16-10(14)13-5-7-4-8(12)9(6-13)15-7/h7-9H,4-6,12H2,1-3H3. The molecule has 2 aliphatic rings. The molecule has 2 bridgehead atoms. The average molecular weight is 228 g/mol. The van der Waals surface area contributed by atoms with Crippen LogP contribution >= 0.6 is 0 Å². The van der Waals surface area contributed by atoms with E-state index in [0.717, 1.165) is 6.42 Å². The van der Waals surface area contributed by atoms with Crippen molar-refractivity contribution < 1.29 is 14.3 Å². The normalized spacial score (nSPS) is 34.0. The van der Waals surface area contributed by atoms with Crippen LogP contribution in [0.5, 0.6) is 0 Å². The van der Waals surface area contributed by atoms with E-state index in [0.29, 0.717) is 13.1 Å². The highest BCUT2D eigenvalue weighted by Gasteiger charge is 2.41. The number of ether oxygens (including phenoxy) is 2. The average Bonchev–Trinajstić information content (AvgIpc) is 2.37. The molecule has 0 aromatic carbocycles. The molecule has 3 atom stereocenters. The second kappa shape index (κ2) is 3.89. The van der Waals surface area contributed by atoms with Crippen LogP contribution in [0.1, 0.15) is 27.2 Å². The number of fused-ring (bicyclic) bond motifs is 2. The van der Waals surface area contributed by atoms with Crippen LogP contribution in [0.3, 0.4) is 0 Å². The molecule has 1 amide bonds. The molecule has 0 aromatic heterocycles.